The van der Waals surface area contributed by atoms with Crippen molar-refractivity contribution in [3.8, 4) is 5.88 Å². The van der Waals surface area contributed by atoms with Crippen LogP contribution in [0.3, 0.4) is 0 Å². The van der Waals surface area contributed by atoms with Gasteiger partial charge in [-0.3, -0.25) is 4.79 Å². The van der Waals surface area contributed by atoms with Crippen LogP contribution in [0.15, 0.2) is 24.3 Å². The first-order chi connectivity index (χ1) is 11.4. The van der Waals surface area contributed by atoms with Crippen molar-refractivity contribution in [2.45, 2.75) is 47.1 Å². The molecule has 2 rings (SSSR count). The van der Waals surface area contributed by atoms with Gasteiger partial charge in [0.05, 0.1) is 11.8 Å². The lowest BCUT2D eigenvalue weighted by atomic mass is 10.2. The number of nitrogens with zero attached hydrogens (tertiary/aromatic N) is 3. The number of Topliss-reactive ketones (excluding diaryl/α,β-unsaturated/α-hetero) is 1. The summed E-state index contributed by atoms with van der Waals surface area (Å²) in [6.07, 6.45) is 1.28. The molecule has 1 N–H and O–H groups in total. The Kier molecular flexibility index (Phi) is 8.12. The van der Waals surface area contributed by atoms with E-state index in [9.17, 15) is 4.79 Å². The zero-order valence-electron chi connectivity index (χ0n) is 14.6. The summed E-state index contributed by atoms with van der Waals surface area (Å²) >= 11 is 5.82. The third-order valence-electron chi connectivity index (χ3n) is 2.44. The van der Waals surface area contributed by atoms with E-state index in [4.69, 9.17) is 16.3 Å². The van der Waals surface area contributed by atoms with Gasteiger partial charge in [-0.15, -0.1) is 10.2 Å². The molecule has 130 valence electrons. The Morgan fingerprint density at radius 1 is 1.29 bits per heavy atom. The van der Waals surface area contributed by atoms with Gasteiger partial charge in [0.1, 0.15) is 5.82 Å². The molecular weight excluding hydrogens is 328 g/mol. The van der Waals surface area contributed by atoms with Crippen molar-refractivity contribution >= 4 is 28.9 Å². The standard InChI is InChI=1S/C14H15ClN4O2.C3H8/c1-8(2)21-13-6-4-5-12(17-13)16-10-7-11(15)18-19-14(10)9(3)20;1-3-2/h4-8H,1-3H3,(H,16,17,18);3H2,1-2H3. The largest absolute Gasteiger partial charge is 0.475 e. The fraction of sp³-hybridized carbons (Fsp3) is 0.412. The molecule has 0 saturated carbocycles. The number of carbonyl (C=O) groups excluding carboxylic acids is 1. The van der Waals surface area contributed by atoms with Crippen molar-refractivity contribution in [2.75, 3.05) is 5.32 Å². The highest BCUT2D eigenvalue weighted by Gasteiger charge is 2.12. The SMILES string of the molecule is CC(=O)c1nnc(Cl)cc1Nc1cccc(OC(C)C)n1.CCC. The fourth-order valence-corrected chi connectivity index (χ4v) is 1.80. The van der Waals surface area contributed by atoms with Gasteiger partial charge in [0.2, 0.25) is 5.88 Å². The van der Waals surface area contributed by atoms with Gasteiger partial charge in [-0.2, -0.15) is 4.98 Å². The van der Waals surface area contributed by atoms with Gasteiger partial charge in [-0.05, 0) is 19.9 Å². The maximum absolute atomic E-state index is 11.5. The number of hydrogen-bond donors (Lipinski definition) is 1. The predicted octanol–water partition coefficient (Wildman–Crippen LogP) is 4.67. The third kappa shape index (κ3) is 6.50. The molecule has 2 heterocycles. The van der Waals surface area contributed by atoms with Crippen molar-refractivity contribution in [1.29, 1.82) is 0 Å². The first kappa shape index (κ1) is 19.8. The Labute approximate surface area is 147 Å². The molecule has 2 aromatic heterocycles. The number of ether oxygens (including phenoxy) is 1. The van der Waals surface area contributed by atoms with Crippen LogP contribution in [0.1, 0.15) is 51.5 Å². The zero-order chi connectivity index (χ0) is 18.1. The highest BCUT2D eigenvalue weighted by atomic mass is 35.5. The van der Waals surface area contributed by atoms with E-state index >= 15 is 0 Å². The van der Waals surface area contributed by atoms with E-state index in [-0.39, 0.29) is 22.7 Å². The van der Waals surface area contributed by atoms with Gasteiger partial charge in [0.15, 0.2) is 16.6 Å². The molecular formula is C17H23ClN4O2. The van der Waals surface area contributed by atoms with E-state index in [1.807, 2.05) is 13.8 Å². The fourth-order valence-electron chi connectivity index (χ4n) is 1.65. The molecule has 0 aliphatic heterocycles. The van der Waals surface area contributed by atoms with E-state index in [1.54, 1.807) is 18.2 Å². The number of nitrogens with one attached hydrogen (secondary N) is 1. The lowest BCUT2D eigenvalue weighted by Gasteiger charge is -2.12. The maximum Gasteiger partial charge on any atom is 0.215 e. The van der Waals surface area contributed by atoms with E-state index in [2.05, 4.69) is 34.3 Å². The van der Waals surface area contributed by atoms with Crippen molar-refractivity contribution in [3.63, 3.8) is 0 Å². The molecule has 0 amide bonds. The number of rotatable bonds is 5. The van der Waals surface area contributed by atoms with Gasteiger partial charge < -0.3 is 10.1 Å². The minimum absolute atomic E-state index is 0.0255. The number of aromatic nitrogens is 3. The average Bonchev–Trinajstić information content (AvgIpc) is 2.47. The van der Waals surface area contributed by atoms with Crippen molar-refractivity contribution in [1.82, 2.24) is 15.2 Å². The third-order valence-corrected chi connectivity index (χ3v) is 2.63. The second-order valence-corrected chi connectivity index (χ2v) is 5.73. The van der Waals surface area contributed by atoms with Gasteiger partial charge in [-0.1, -0.05) is 37.9 Å². The quantitative estimate of drug-likeness (QED) is 0.789. The molecule has 0 aliphatic rings. The molecule has 0 spiro atoms. The monoisotopic (exact) mass is 350 g/mol. The van der Waals surface area contributed by atoms with Gasteiger partial charge in [-0.25, -0.2) is 0 Å². The van der Waals surface area contributed by atoms with Crippen LogP contribution in [0.25, 0.3) is 0 Å². The summed E-state index contributed by atoms with van der Waals surface area (Å²) in [4.78, 5) is 15.9. The molecule has 0 radical (unpaired) electrons. The number of halogens is 1. The number of pyridine rings is 1. The van der Waals surface area contributed by atoms with Crippen LogP contribution in [0.5, 0.6) is 5.88 Å². The summed E-state index contributed by atoms with van der Waals surface area (Å²) in [6.45, 7) is 9.50. The molecule has 0 unspecified atom stereocenters. The summed E-state index contributed by atoms with van der Waals surface area (Å²) in [5.41, 5.74) is 0.660. The zero-order valence-corrected chi connectivity index (χ0v) is 15.4. The Bertz CT molecular complexity index is 677. The van der Waals surface area contributed by atoms with Crippen molar-refractivity contribution < 1.29 is 9.53 Å². The normalized spacial score (nSPS) is 9.96. The van der Waals surface area contributed by atoms with E-state index < -0.39 is 0 Å². The average molecular weight is 351 g/mol. The minimum Gasteiger partial charge on any atom is -0.475 e. The maximum atomic E-state index is 11.5. The summed E-state index contributed by atoms with van der Waals surface area (Å²) in [6, 6.07) is 6.85. The minimum atomic E-state index is -0.212. The smallest absolute Gasteiger partial charge is 0.215 e. The molecule has 0 fully saturated rings. The topological polar surface area (TPSA) is 77.0 Å². The Morgan fingerprint density at radius 2 is 1.96 bits per heavy atom. The van der Waals surface area contributed by atoms with Crippen LogP contribution >= 0.6 is 11.6 Å². The van der Waals surface area contributed by atoms with E-state index in [0.29, 0.717) is 17.4 Å². The molecule has 2 aromatic rings. The lowest BCUT2D eigenvalue weighted by molar-refractivity contribution is 0.101. The molecule has 24 heavy (non-hydrogen) atoms. The number of anilines is 2. The van der Waals surface area contributed by atoms with Crippen molar-refractivity contribution in [3.05, 3.63) is 35.1 Å². The first-order valence-corrected chi connectivity index (χ1v) is 8.20. The summed E-state index contributed by atoms with van der Waals surface area (Å²) in [7, 11) is 0. The van der Waals surface area contributed by atoms with Crippen LogP contribution in [-0.2, 0) is 0 Å². The van der Waals surface area contributed by atoms with Crippen LogP contribution in [0.4, 0.5) is 11.5 Å². The highest BCUT2D eigenvalue weighted by Crippen LogP contribution is 2.22. The van der Waals surface area contributed by atoms with E-state index in [0.717, 1.165) is 0 Å². The van der Waals surface area contributed by atoms with Crippen LogP contribution < -0.4 is 10.1 Å². The van der Waals surface area contributed by atoms with Gasteiger partial charge in [0, 0.05) is 19.1 Å². The van der Waals surface area contributed by atoms with Crippen LogP contribution in [0.2, 0.25) is 5.15 Å². The number of carbonyl (C=O) groups is 1. The number of hydrogen-bond acceptors (Lipinski definition) is 6. The molecule has 7 heteroatoms. The second kappa shape index (κ2) is 9.82. The summed E-state index contributed by atoms with van der Waals surface area (Å²) in [5.74, 6) is 0.809. The lowest BCUT2D eigenvalue weighted by Crippen LogP contribution is -2.08. The van der Waals surface area contributed by atoms with Gasteiger partial charge >= 0.3 is 0 Å². The molecule has 0 saturated heterocycles. The van der Waals surface area contributed by atoms with Gasteiger partial charge in [0.25, 0.3) is 0 Å². The second-order valence-electron chi connectivity index (χ2n) is 5.35. The summed E-state index contributed by atoms with van der Waals surface area (Å²) in [5, 5.41) is 10.7. The highest BCUT2D eigenvalue weighted by molar-refractivity contribution is 6.29. The Balaban J connectivity index is 0.000000891. The molecule has 6 nitrogen and oxygen atoms in total. The Hall–Kier alpha value is -2.21. The van der Waals surface area contributed by atoms with Crippen LogP contribution in [0, 0.1) is 0 Å². The van der Waals surface area contributed by atoms with E-state index in [1.165, 1.54) is 19.4 Å². The molecule has 0 atom stereocenters. The molecule has 0 aliphatic carbocycles. The van der Waals surface area contributed by atoms with Crippen LogP contribution in [-0.4, -0.2) is 27.1 Å². The predicted molar refractivity (Wildman–Crippen MR) is 96.3 cm³/mol. The Morgan fingerprint density at radius 3 is 2.54 bits per heavy atom. The first-order valence-electron chi connectivity index (χ1n) is 7.82. The summed E-state index contributed by atoms with van der Waals surface area (Å²) < 4.78 is 5.52. The molecule has 0 aromatic carbocycles. The van der Waals surface area contributed by atoms with Crippen molar-refractivity contribution in [2.24, 2.45) is 0 Å². The number of ketones is 1. The molecule has 0 bridgehead atoms.